The van der Waals surface area contributed by atoms with Gasteiger partial charge in [-0.1, -0.05) is 54.6 Å². The quantitative estimate of drug-likeness (QED) is 0.317. The Hall–Kier alpha value is -4.35. The number of aryl methyl sites for hydroxylation is 1. The maximum absolute atomic E-state index is 13.4. The van der Waals surface area contributed by atoms with Gasteiger partial charge in [0, 0.05) is 11.4 Å². The number of hydrogen-bond acceptors (Lipinski definition) is 6. The van der Waals surface area contributed by atoms with Crippen LogP contribution >= 0.6 is 0 Å². The van der Waals surface area contributed by atoms with Crippen molar-refractivity contribution < 1.29 is 26.4 Å². The molecule has 0 fully saturated rings. The molecule has 11 heteroatoms. The molecule has 40 heavy (non-hydrogen) atoms. The van der Waals surface area contributed by atoms with Crippen LogP contribution in [0.4, 0.5) is 17.1 Å². The maximum Gasteiger partial charge on any atom is 0.267 e. The molecular formula is C29H27N3O6S2. The number of ether oxygens (including phenoxy) is 1. The number of para-hydroxylation sites is 2. The molecule has 1 atom stereocenters. The number of hydrogen-bond donors (Lipinski definition) is 2. The molecule has 4 aromatic carbocycles. The fraction of sp³-hybridized carbons (Fsp3) is 0.138. The molecular weight excluding hydrogens is 550 g/mol. The van der Waals surface area contributed by atoms with E-state index < -0.39 is 32.1 Å². The summed E-state index contributed by atoms with van der Waals surface area (Å²) in [4.78, 5) is 13.2. The lowest BCUT2D eigenvalue weighted by molar-refractivity contribution is -0.122. The zero-order valence-corrected chi connectivity index (χ0v) is 23.2. The van der Waals surface area contributed by atoms with Crippen LogP contribution in [0.3, 0.4) is 0 Å². The average molecular weight is 578 g/mol. The van der Waals surface area contributed by atoms with Crippen molar-refractivity contribution in [3.8, 4) is 5.75 Å². The molecule has 1 amide bonds. The second-order valence-electron chi connectivity index (χ2n) is 9.34. The third-order valence-corrected chi connectivity index (χ3v) is 9.37. The molecule has 206 valence electrons. The molecule has 0 saturated carbocycles. The van der Waals surface area contributed by atoms with Gasteiger partial charge in [0.25, 0.3) is 15.9 Å². The van der Waals surface area contributed by atoms with Crippen LogP contribution in [0.15, 0.2) is 108 Å². The molecule has 4 aromatic rings. The third kappa shape index (κ3) is 6.11. The van der Waals surface area contributed by atoms with Crippen molar-refractivity contribution in [1.29, 1.82) is 0 Å². The van der Waals surface area contributed by atoms with Gasteiger partial charge in [0.1, 0.15) is 5.75 Å². The van der Waals surface area contributed by atoms with Crippen molar-refractivity contribution in [3.05, 3.63) is 114 Å². The summed E-state index contributed by atoms with van der Waals surface area (Å²) in [6, 6.07) is 28.1. The van der Waals surface area contributed by atoms with Crippen LogP contribution in [-0.4, -0.2) is 35.4 Å². The number of rotatable bonds is 8. The molecule has 9 nitrogen and oxygen atoms in total. The number of carbonyl (C=O) groups excluding carboxylic acids is 1. The van der Waals surface area contributed by atoms with E-state index in [1.807, 2.05) is 19.1 Å². The van der Waals surface area contributed by atoms with Crippen LogP contribution in [0.2, 0.25) is 0 Å². The average Bonchev–Trinajstić information content (AvgIpc) is 2.93. The predicted molar refractivity (Wildman–Crippen MR) is 154 cm³/mol. The van der Waals surface area contributed by atoms with Gasteiger partial charge in [-0.25, -0.2) is 16.8 Å². The maximum atomic E-state index is 13.4. The highest BCUT2D eigenvalue weighted by atomic mass is 32.2. The van der Waals surface area contributed by atoms with Gasteiger partial charge in [0.2, 0.25) is 10.0 Å². The van der Waals surface area contributed by atoms with E-state index in [9.17, 15) is 21.6 Å². The van der Waals surface area contributed by atoms with Gasteiger partial charge in [-0.15, -0.1) is 0 Å². The van der Waals surface area contributed by atoms with E-state index in [2.05, 4.69) is 10.0 Å². The van der Waals surface area contributed by atoms with E-state index in [4.69, 9.17) is 4.74 Å². The van der Waals surface area contributed by atoms with Crippen molar-refractivity contribution >= 4 is 43.0 Å². The molecule has 0 aromatic heterocycles. The van der Waals surface area contributed by atoms with Gasteiger partial charge < -0.3 is 10.1 Å². The monoisotopic (exact) mass is 577 g/mol. The summed E-state index contributed by atoms with van der Waals surface area (Å²) in [7, 11) is -7.68. The first-order valence-electron chi connectivity index (χ1n) is 12.4. The smallest absolute Gasteiger partial charge is 0.267 e. The molecule has 0 radical (unpaired) electrons. The van der Waals surface area contributed by atoms with E-state index >= 15 is 0 Å². The largest absolute Gasteiger partial charge is 0.476 e. The van der Waals surface area contributed by atoms with Crippen LogP contribution in [0, 0.1) is 6.92 Å². The van der Waals surface area contributed by atoms with Crippen LogP contribution in [0.25, 0.3) is 0 Å². The van der Waals surface area contributed by atoms with E-state index in [1.165, 1.54) is 28.6 Å². The molecule has 5 rings (SSSR count). The zero-order chi connectivity index (χ0) is 28.3. The lowest BCUT2D eigenvalue weighted by Gasteiger charge is -2.34. The second-order valence-corrected chi connectivity index (χ2v) is 12.9. The first-order chi connectivity index (χ1) is 19.1. The summed E-state index contributed by atoms with van der Waals surface area (Å²) >= 11 is 0. The molecule has 0 saturated heterocycles. The Morgan fingerprint density at radius 2 is 1.55 bits per heavy atom. The predicted octanol–water partition coefficient (Wildman–Crippen LogP) is 4.53. The number of nitrogens with one attached hydrogen (secondary N) is 2. The standard InChI is InChI=1S/C29H27N3O6S2/c1-21-8-7-11-24(18-21)31-40(36,37)25-16-14-23(15-17-25)30-29(33)28-19-32(26-12-5-6-13-27(26)38-28)39(34,35)20-22-9-3-2-4-10-22/h2-18,28,31H,19-20H2,1H3,(H,30,33). The number of nitrogens with zero attached hydrogens (tertiary/aromatic N) is 1. The van der Waals surface area contributed by atoms with Crippen molar-refractivity contribution in [2.24, 2.45) is 0 Å². The normalized spacial score (nSPS) is 15.0. The van der Waals surface area contributed by atoms with Crippen molar-refractivity contribution in [1.82, 2.24) is 0 Å². The Morgan fingerprint density at radius 3 is 2.27 bits per heavy atom. The summed E-state index contributed by atoms with van der Waals surface area (Å²) in [5.74, 6) is -0.527. The molecule has 1 aliphatic rings. The molecule has 1 unspecified atom stereocenters. The SMILES string of the molecule is Cc1cccc(NS(=O)(=O)c2ccc(NC(=O)C3CN(S(=O)(=O)Cc4ccccc4)c4ccccc4O3)cc2)c1. The highest BCUT2D eigenvalue weighted by Gasteiger charge is 2.36. The lowest BCUT2D eigenvalue weighted by Crippen LogP contribution is -2.49. The number of anilines is 3. The molecule has 2 N–H and O–H groups in total. The minimum Gasteiger partial charge on any atom is -0.476 e. The van der Waals surface area contributed by atoms with E-state index in [-0.39, 0.29) is 22.9 Å². The number of sulfonamides is 2. The number of amides is 1. The Kier molecular flexibility index (Phi) is 7.51. The summed E-state index contributed by atoms with van der Waals surface area (Å²) in [6.07, 6.45) is -1.13. The van der Waals surface area contributed by atoms with Crippen molar-refractivity contribution in [2.75, 3.05) is 20.9 Å². The molecule has 0 bridgehead atoms. The topological polar surface area (TPSA) is 122 Å². The Labute approximate surface area is 233 Å². The van der Waals surface area contributed by atoms with E-state index in [0.29, 0.717) is 22.6 Å². The lowest BCUT2D eigenvalue weighted by atomic mass is 10.2. The van der Waals surface area contributed by atoms with Gasteiger partial charge in [-0.3, -0.25) is 13.8 Å². The van der Waals surface area contributed by atoms with Crippen LogP contribution < -0.4 is 19.1 Å². The Balaban J connectivity index is 1.31. The fourth-order valence-electron chi connectivity index (χ4n) is 4.33. The number of benzene rings is 4. The molecule has 0 aliphatic carbocycles. The first kappa shape index (κ1) is 27.2. The van der Waals surface area contributed by atoms with Gasteiger partial charge in [-0.05, 0) is 66.6 Å². The minimum atomic E-state index is -3.84. The highest BCUT2D eigenvalue weighted by Crippen LogP contribution is 2.36. The second kappa shape index (κ2) is 11.0. The molecule has 1 aliphatic heterocycles. The third-order valence-electron chi connectivity index (χ3n) is 6.26. The highest BCUT2D eigenvalue weighted by molar-refractivity contribution is 7.92. The van der Waals surface area contributed by atoms with Crippen LogP contribution in [-0.2, 0) is 30.6 Å². The van der Waals surface area contributed by atoms with Crippen molar-refractivity contribution in [2.45, 2.75) is 23.7 Å². The zero-order valence-electron chi connectivity index (χ0n) is 21.5. The molecule has 1 heterocycles. The molecule has 0 spiro atoms. The van der Waals surface area contributed by atoms with Crippen molar-refractivity contribution in [3.63, 3.8) is 0 Å². The van der Waals surface area contributed by atoms with Crippen LogP contribution in [0.1, 0.15) is 11.1 Å². The van der Waals surface area contributed by atoms with Gasteiger partial charge in [0.05, 0.1) is 22.9 Å². The summed E-state index contributed by atoms with van der Waals surface area (Å²) < 4.78 is 62.0. The number of fused-ring (bicyclic) bond motifs is 1. The van der Waals surface area contributed by atoms with Gasteiger partial charge >= 0.3 is 0 Å². The summed E-state index contributed by atoms with van der Waals surface area (Å²) in [5.41, 5.74) is 2.68. The Bertz CT molecular complexity index is 1740. The summed E-state index contributed by atoms with van der Waals surface area (Å²) in [6.45, 7) is 1.65. The van der Waals surface area contributed by atoms with Gasteiger partial charge in [0.15, 0.2) is 6.10 Å². The van der Waals surface area contributed by atoms with E-state index in [0.717, 1.165) is 5.56 Å². The Morgan fingerprint density at radius 1 is 0.850 bits per heavy atom. The summed E-state index contributed by atoms with van der Waals surface area (Å²) in [5, 5.41) is 2.70. The van der Waals surface area contributed by atoms with E-state index in [1.54, 1.807) is 66.7 Å². The van der Waals surface area contributed by atoms with Crippen LogP contribution in [0.5, 0.6) is 5.75 Å². The first-order valence-corrected chi connectivity index (χ1v) is 15.5. The minimum absolute atomic E-state index is 0.0213. The number of carbonyl (C=O) groups is 1. The van der Waals surface area contributed by atoms with Gasteiger partial charge in [-0.2, -0.15) is 0 Å². The fourth-order valence-corrected chi connectivity index (χ4v) is 6.96.